The number of hydrogen-bond acceptors (Lipinski definition) is 2. The van der Waals surface area contributed by atoms with E-state index in [0.29, 0.717) is 10.3 Å². The summed E-state index contributed by atoms with van der Waals surface area (Å²) in [7, 11) is 0. The molecule has 2 rings (SSSR count). The molecule has 0 aliphatic rings. The average Bonchev–Trinajstić information content (AvgIpc) is 2.37. The summed E-state index contributed by atoms with van der Waals surface area (Å²) in [6.07, 6.45) is 1.64. The Morgan fingerprint density at radius 3 is 2.32 bits per heavy atom. The molecule has 0 fully saturated rings. The average molecular weight is 280 g/mol. The first kappa shape index (κ1) is 13.5. The smallest absolute Gasteiger partial charge is 0.286 e. The van der Waals surface area contributed by atoms with E-state index in [1.165, 1.54) is 24.4 Å². The van der Waals surface area contributed by atoms with Crippen LogP contribution in [0.5, 0.6) is 0 Å². The molecule has 0 spiro atoms. The van der Waals surface area contributed by atoms with E-state index in [2.05, 4.69) is 0 Å². The molecule has 0 radical (unpaired) electrons. The van der Waals surface area contributed by atoms with Crippen molar-refractivity contribution in [3.63, 3.8) is 0 Å². The Bertz CT molecular complexity index is 599. The van der Waals surface area contributed by atoms with Gasteiger partial charge in [0.2, 0.25) is 0 Å². The van der Waals surface area contributed by atoms with E-state index in [0.717, 1.165) is 5.56 Å². The van der Waals surface area contributed by atoms with Crippen molar-refractivity contribution in [3.8, 4) is 0 Å². The van der Waals surface area contributed by atoms with Gasteiger partial charge < -0.3 is 5.21 Å². The maximum atomic E-state index is 12.7. The van der Waals surface area contributed by atoms with Crippen LogP contribution >= 0.6 is 11.6 Å². The number of halogens is 2. The topological polar surface area (TPSA) is 44.0 Å². The second kappa shape index (κ2) is 5.80. The van der Waals surface area contributed by atoms with Gasteiger partial charge in [-0.05, 0) is 35.4 Å². The Hall–Kier alpha value is -1.94. The monoisotopic (exact) mass is 279 g/mol. The van der Waals surface area contributed by atoms with Crippen molar-refractivity contribution in [1.82, 2.24) is 0 Å². The molecular weight excluding hydrogens is 269 g/mol. The van der Waals surface area contributed by atoms with E-state index in [-0.39, 0.29) is 29.6 Å². The van der Waals surface area contributed by atoms with Crippen LogP contribution in [0.3, 0.4) is 0 Å². The highest BCUT2D eigenvalue weighted by Crippen LogP contribution is 2.08. The molecule has 2 aromatic rings. The molecule has 1 aromatic heterocycles. The lowest BCUT2D eigenvalue weighted by atomic mass is 10.0. The molecule has 5 heteroatoms. The summed E-state index contributed by atoms with van der Waals surface area (Å²) < 4.78 is 13.2. The second-order valence-corrected chi connectivity index (χ2v) is 4.59. The summed E-state index contributed by atoms with van der Waals surface area (Å²) in [5, 5.41) is 11.3. The number of carbonyl (C=O) groups is 1. The van der Waals surface area contributed by atoms with Crippen LogP contribution in [0, 0.1) is 11.0 Å². The second-order valence-electron chi connectivity index (χ2n) is 4.20. The highest BCUT2D eigenvalue weighted by Gasteiger charge is 2.09. The van der Waals surface area contributed by atoms with E-state index in [4.69, 9.17) is 11.6 Å². The van der Waals surface area contributed by atoms with Gasteiger partial charge in [0.25, 0.3) is 5.15 Å². The van der Waals surface area contributed by atoms with Crippen LogP contribution in [0.2, 0.25) is 5.15 Å². The quantitative estimate of drug-likeness (QED) is 0.490. The van der Waals surface area contributed by atoms with Crippen molar-refractivity contribution in [1.29, 1.82) is 0 Å². The minimum atomic E-state index is -0.332. The summed E-state index contributed by atoms with van der Waals surface area (Å²) in [6.45, 7) is 0. The molecule has 1 heterocycles. The number of aromatic nitrogens is 1. The number of ketones is 1. The molecule has 3 nitrogen and oxygen atoms in total. The summed E-state index contributed by atoms with van der Waals surface area (Å²) in [4.78, 5) is 11.8. The fourth-order valence-electron chi connectivity index (χ4n) is 1.73. The SMILES string of the molecule is O=C(Cc1ccc(F)cc1)Cc1ccc(Cl)[n+]([O-])c1. The molecule has 0 amide bonds. The van der Waals surface area contributed by atoms with Gasteiger partial charge in [0.05, 0.1) is 0 Å². The van der Waals surface area contributed by atoms with Crippen molar-refractivity contribution in [3.05, 3.63) is 69.9 Å². The first-order valence-electron chi connectivity index (χ1n) is 5.68. The molecule has 0 saturated carbocycles. The molecule has 0 atom stereocenters. The van der Waals surface area contributed by atoms with Gasteiger partial charge in [-0.2, -0.15) is 4.73 Å². The number of rotatable bonds is 4. The molecular formula is C14H11ClFNO2. The summed E-state index contributed by atoms with van der Waals surface area (Å²) in [5.41, 5.74) is 1.35. The molecule has 0 saturated heterocycles. The lowest BCUT2D eigenvalue weighted by Crippen LogP contribution is -2.27. The third kappa shape index (κ3) is 3.76. The van der Waals surface area contributed by atoms with Gasteiger partial charge in [0.15, 0.2) is 6.20 Å². The van der Waals surface area contributed by atoms with Gasteiger partial charge in [0, 0.05) is 24.5 Å². The number of hydrogen-bond donors (Lipinski definition) is 0. The molecule has 98 valence electrons. The Kier molecular flexibility index (Phi) is 4.12. The maximum Gasteiger partial charge on any atom is 0.286 e. The largest absolute Gasteiger partial charge is 0.618 e. The normalized spacial score (nSPS) is 10.4. The van der Waals surface area contributed by atoms with Gasteiger partial charge in [-0.15, -0.1) is 0 Å². The molecule has 0 N–H and O–H groups in total. The third-order valence-electron chi connectivity index (χ3n) is 2.64. The molecule has 19 heavy (non-hydrogen) atoms. The number of Topliss-reactive ketones (excluding diaryl/α,β-unsaturated/α-hetero) is 1. The van der Waals surface area contributed by atoms with Crippen molar-refractivity contribution in [2.45, 2.75) is 12.8 Å². The maximum absolute atomic E-state index is 12.7. The first-order chi connectivity index (χ1) is 9.04. The minimum Gasteiger partial charge on any atom is -0.618 e. The van der Waals surface area contributed by atoms with Gasteiger partial charge in [-0.3, -0.25) is 4.79 Å². The summed E-state index contributed by atoms with van der Waals surface area (Å²) in [6, 6.07) is 8.87. The number of benzene rings is 1. The van der Waals surface area contributed by atoms with E-state index < -0.39 is 0 Å². The number of pyridine rings is 1. The zero-order valence-corrected chi connectivity index (χ0v) is 10.7. The van der Waals surface area contributed by atoms with Crippen molar-refractivity contribution >= 4 is 17.4 Å². The van der Waals surface area contributed by atoms with E-state index in [9.17, 15) is 14.4 Å². The van der Waals surface area contributed by atoms with Crippen LogP contribution in [0.4, 0.5) is 4.39 Å². The van der Waals surface area contributed by atoms with Gasteiger partial charge in [-0.1, -0.05) is 12.1 Å². The molecule has 0 aliphatic heterocycles. The number of carbonyl (C=O) groups excluding carboxylic acids is 1. The fourth-order valence-corrected chi connectivity index (χ4v) is 1.84. The van der Waals surface area contributed by atoms with Crippen LogP contribution in [-0.2, 0) is 17.6 Å². The minimum absolute atomic E-state index is 0.0473. The number of nitrogens with zero attached hydrogens (tertiary/aromatic N) is 1. The van der Waals surface area contributed by atoms with E-state index >= 15 is 0 Å². The van der Waals surface area contributed by atoms with Crippen LogP contribution in [0.1, 0.15) is 11.1 Å². The van der Waals surface area contributed by atoms with Crippen LogP contribution in [0.25, 0.3) is 0 Å². The van der Waals surface area contributed by atoms with Crippen LogP contribution in [-0.4, -0.2) is 5.78 Å². The zero-order chi connectivity index (χ0) is 13.8. The van der Waals surface area contributed by atoms with Crippen molar-refractivity contribution < 1.29 is 13.9 Å². The predicted molar refractivity (Wildman–Crippen MR) is 69.2 cm³/mol. The molecule has 0 bridgehead atoms. The Labute approximate surface area is 114 Å². The van der Waals surface area contributed by atoms with Crippen LogP contribution in [0.15, 0.2) is 42.6 Å². The fraction of sp³-hybridized carbons (Fsp3) is 0.143. The predicted octanol–water partition coefficient (Wildman–Crippen LogP) is 2.47. The van der Waals surface area contributed by atoms with Crippen molar-refractivity contribution in [2.24, 2.45) is 0 Å². The van der Waals surface area contributed by atoms with E-state index in [1.807, 2.05) is 0 Å². The molecule has 1 aromatic carbocycles. The standard InChI is InChI=1S/C14H11ClFNO2/c15-14-6-3-11(9-17(14)19)8-13(18)7-10-1-4-12(16)5-2-10/h1-6,9H,7-8H2. The Morgan fingerprint density at radius 2 is 1.68 bits per heavy atom. The Morgan fingerprint density at radius 1 is 1.11 bits per heavy atom. The van der Waals surface area contributed by atoms with Gasteiger partial charge in [0.1, 0.15) is 11.6 Å². The van der Waals surface area contributed by atoms with Crippen molar-refractivity contribution in [2.75, 3.05) is 0 Å². The molecule has 0 unspecified atom stereocenters. The summed E-state index contributed by atoms with van der Waals surface area (Å²) in [5.74, 6) is -0.379. The lowest BCUT2D eigenvalue weighted by Gasteiger charge is -2.03. The first-order valence-corrected chi connectivity index (χ1v) is 6.06. The lowest BCUT2D eigenvalue weighted by molar-refractivity contribution is -0.603. The van der Waals surface area contributed by atoms with E-state index in [1.54, 1.807) is 18.2 Å². The zero-order valence-electron chi connectivity index (χ0n) is 9.98. The highest BCUT2D eigenvalue weighted by atomic mass is 35.5. The third-order valence-corrected chi connectivity index (χ3v) is 2.94. The van der Waals surface area contributed by atoms with Gasteiger partial charge >= 0.3 is 0 Å². The molecule has 0 aliphatic carbocycles. The van der Waals surface area contributed by atoms with Crippen LogP contribution < -0.4 is 4.73 Å². The Balaban J connectivity index is 2.01. The highest BCUT2D eigenvalue weighted by molar-refractivity contribution is 6.28. The van der Waals surface area contributed by atoms with Gasteiger partial charge in [-0.25, -0.2) is 4.39 Å². The summed E-state index contributed by atoms with van der Waals surface area (Å²) >= 11 is 5.59.